The summed E-state index contributed by atoms with van der Waals surface area (Å²) in [7, 11) is 0. The van der Waals surface area contributed by atoms with E-state index in [0.29, 0.717) is 0 Å². The van der Waals surface area contributed by atoms with Crippen molar-refractivity contribution in [1.29, 1.82) is 0 Å². The second-order valence-electron chi connectivity index (χ2n) is 6.16. The fourth-order valence-corrected chi connectivity index (χ4v) is 2.53. The third kappa shape index (κ3) is 3.61. The van der Waals surface area contributed by atoms with Gasteiger partial charge in [-0.1, -0.05) is 19.8 Å². The molecule has 2 unspecified atom stereocenters. The largest absolute Gasteiger partial charge is 0.480 e. The quantitative estimate of drug-likeness (QED) is 0.661. The summed E-state index contributed by atoms with van der Waals surface area (Å²) in [5, 5.41) is 14.9. The van der Waals surface area contributed by atoms with Crippen LogP contribution in [0.5, 0.6) is 0 Å². The van der Waals surface area contributed by atoms with Crippen molar-refractivity contribution in [3.63, 3.8) is 0 Å². The predicted molar refractivity (Wildman–Crippen MR) is 71.9 cm³/mol. The number of carbonyl (C=O) groups is 2. The second-order valence-corrected chi connectivity index (χ2v) is 6.16. The van der Waals surface area contributed by atoms with Crippen molar-refractivity contribution >= 4 is 12.0 Å². The monoisotopic (exact) mass is 268 g/mol. The summed E-state index contributed by atoms with van der Waals surface area (Å²) in [5.74, 6) is -0.126. The van der Waals surface area contributed by atoms with Crippen LogP contribution in [-0.4, -0.2) is 28.7 Å². The maximum absolute atomic E-state index is 12.0. The number of nitrogens with one attached hydrogen (secondary N) is 2. The molecule has 2 amide bonds. The molecular weight excluding hydrogens is 244 g/mol. The minimum Gasteiger partial charge on any atom is -0.480 e. The molecule has 3 N–H and O–H groups in total. The van der Waals surface area contributed by atoms with Crippen LogP contribution in [0.3, 0.4) is 0 Å². The average Bonchev–Trinajstić information content (AvgIpc) is 3.19. The Labute approximate surface area is 114 Å². The van der Waals surface area contributed by atoms with Gasteiger partial charge in [-0.25, -0.2) is 9.59 Å². The number of carbonyl (C=O) groups excluding carboxylic acids is 1. The molecule has 5 heteroatoms. The zero-order chi connectivity index (χ0) is 14.0. The molecule has 0 aromatic heterocycles. The highest BCUT2D eigenvalue weighted by Gasteiger charge is 2.48. The molecule has 0 aromatic rings. The Hall–Kier alpha value is -1.26. The average molecular weight is 268 g/mol. The van der Waals surface area contributed by atoms with Gasteiger partial charge in [0.15, 0.2) is 0 Å². The first-order valence-electron chi connectivity index (χ1n) is 7.27. The van der Waals surface area contributed by atoms with E-state index in [1.54, 1.807) is 6.92 Å². The van der Waals surface area contributed by atoms with Gasteiger partial charge in [-0.05, 0) is 44.4 Å². The second kappa shape index (κ2) is 5.39. The number of hydrogen-bond donors (Lipinski definition) is 3. The minimum absolute atomic E-state index is 0.0688. The fourth-order valence-electron chi connectivity index (χ4n) is 2.53. The molecule has 2 saturated carbocycles. The van der Waals surface area contributed by atoms with E-state index in [0.717, 1.165) is 31.6 Å². The smallest absolute Gasteiger partial charge is 0.329 e. The maximum Gasteiger partial charge on any atom is 0.329 e. The number of hydrogen-bond acceptors (Lipinski definition) is 2. The summed E-state index contributed by atoms with van der Waals surface area (Å²) in [6.45, 7) is 3.65. The van der Waals surface area contributed by atoms with E-state index in [1.807, 2.05) is 6.92 Å². The molecule has 0 bridgehead atoms. The third-order valence-corrected chi connectivity index (χ3v) is 4.35. The van der Waals surface area contributed by atoms with Gasteiger partial charge in [-0.2, -0.15) is 0 Å². The highest BCUT2D eigenvalue weighted by molar-refractivity contribution is 5.86. The summed E-state index contributed by atoms with van der Waals surface area (Å²) in [6.07, 6.45) is 6.17. The van der Waals surface area contributed by atoms with Crippen LogP contribution in [0.15, 0.2) is 0 Å². The Kier molecular flexibility index (Phi) is 4.02. The third-order valence-electron chi connectivity index (χ3n) is 4.35. The number of aliphatic carboxylic acids is 1. The van der Waals surface area contributed by atoms with E-state index < -0.39 is 11.5 Å². The van der Waals surface area contributed by atoms with Crippen molar-refractivity contribution in [3.05, 3.63) is 0 Å². The Morgan fingerprint density at radius 1 is 1.32 bits per heavy atom. The first kappa shape index (κ1) is 14.2. The number of urea groups is 1. The van der Waals surface area contributed by atoms with Crippen LogP contribution >= 0.6 is 0 Å². The summed E-state index contributed by atoms with van der Waals surface area (Å²) in [4.78, 5) is 23.3. The highest BCUT2D eigenvalue weighted by atomic mass is 16.4. The van der Waals surface area contributed by atoms with Crippen LogP contribution in [0.2, 0.25) is 0 Å². The van der Waals surface area contributed by atoms with E-state index in [-0.39, 0.29) is 18.0 Å². The Bertz CT molecular complexity index is 364. The zero-order valence-electron chi connectivity index (χ0n) is 11.7. The SMILES string of the molecule is CCC(CC1CC1)NC(=O)NC(C)(C(=O)O)C1CC1. The number of carboxylic acids is 1. The highest BCUT2D eigenvalue weighted by Crippen LogP contribution is 2.39. The van der Waals surface area contributed by atoms with Gasteiger partial charge in [0.05, 0.1) is 0 Å². The molecule has 108 valence electrons. The van der Waals surface area contributed by atoms with Gasteiger partial charge in [0, 0.05) is 6.04 Å². The van der Waals surface area contributed by atoms with Crippen LogP contribution in [-0.2, 0) is 4.79 Å². The van der Waals surface area contributed by atoms with Crippen molar-refractivity contribution in [2.45, 2.75) is 64.0 Å². The summed E-state index contributed by atoms with van der Waals surface area (Å²) < 4.78 is 0. The molecule has 0 aliphatic heterocycles. The normalized spacial score (nSPS) is 23.3. The lowest BCUT2D eigenvalue weighted by atomic mass is 9.96. The Balaban J connectivity index is 1.85. The predicted octanol–water partition coefficient (Wildman–Crippen LogP) is 2.12. The Morgan fingerprint density at radius 3 is 2.37 bits per heavy atom. The van der Waals surface area contributed by atoms with Gasteiger partial charge in [0.25, 0.3) is 0 Å². The van der Waals surface area contributed by atoms with Crippen LogP contribution < -0.4 is 10.6 Å². The van der Waals surface area contributed by atoms with Gasteiger partial charge in [0.2, 0.25) is 0 Å². The van der Waals surface area contributed by atoms with E-state index in [4.69, 9.17) is 0 Å². The lowest BCUT2D eigenvalue weighted by molar-refractivity contribution is -0.144. The fraction of sp³-hybridized carbons (Fsp3) is 0.857. The van der Waals surface area contributed by atoms with Crippen LogP contribution in [0.4, 0.5) is 4.79 Å². The number of carboxylic acid groups (broad SMARTS) is 1. The topological polar surface area (TPSA) is 78.4 Å². The Morgan fingerprint density at radius 2 is 1.95 bits per heavy atom. The van der Waals surface area contributed by atoms with Crippen molar-refractivity contribution in [3.8, 4) is 0 Å². The van der Waals surface area contributed by atoms with Crippen molar-refractivity contribution in [2.75, 3.05) is 0 Å². The lowest BCUT2D eigenvalue weighted by Crippen LogP contribution is -2.58. The van der Waals surface area contributed by atoms with Crippen molar-refractivity contribution in [1.82, 2.24) is 10.6 Å². The van der Waals surface area contributed by atoms with Gasteiger partial charge in [-0.15, -0.1) is 0 Å². The molecule has 2 aliphatic carbocycles. The molecule has 5 nitrogen and oxygen atoms in total. The maximum atomic E-state index is 12.0. The number of rotatable bonds is 7. The summed E-state index contributed by atoms with van der Waals surface area (Å²) in [6, 6.07) is -0.186. The molecule has 0 radical (unpaired) electrons. The molecule has 2 rings (SSSR count). The van der Waals surface area contributed by atoms with Crippen LogP contribution in [0.25, 0.3) is 0 Å². The van der Waals surface area contributed by atoms with Crippen LogP contribution in [0, 0.1) is 11.8 Å². The standard InChI is InChI=1S/C14H24N2O3/c1-3-11(8-9-4-5-9)15-13(19)16-14(2,12(17)18)10-6-7-10/h9-11H,3-8H2,1-2H3,(H,17,18)(H2,15,16,19). The first-order valence-corrected chi connectivity index (χ1v) is 7.27. The van der Waals surface area contributed by atoms with E-state index in [2.05, 4.69) is 10.6 Å². The van der Waals surface area contributed by atoms with Gasteiger partial charge < -0.3 is 15.7 Å². The zero-order valence-corrected chi connectivity index (χ0v) is 11.7. The van der Waals surface area contributed by atoms with Gasteiger partial charge in [0.1, 0.15) is 5.54 Å². The van der Waals surface area contributed by atoms with E-state index in [9.17, 15) is 14.7 Å². The first-order chi connectivity index (χ1) is 8.95. The molecule has 0 aromatic carbocycles. The molecule has 0 saturated heterocycles. The molecule has 0 spiro atoms. The summed E-state index contributed by atoms with van der Waals surface area (Å²) >= 11 is 0. The minimum atomic E-state index is -1.12. The molecular formula is C14H24N2O3. The van der Waals surface area contributed by atoms with Crippen molar-refractivity contribution in [2.24, 2.45) is 11.8 Å². The van der Waals surface area contributed by atoms with Crippen molar-refractivity contribution < 1.29 is 14.7 Å². The lowest BCUT2D eigenvalue weighted by Gasteiger charge is -2.27. The van der Waals surface area contributed by atoms with Crippen LogP contribution in [0.1, 0.15) is 52.4 Å². The van der Waals surface area contributed by atoms with E-state index in [1.165, 1.54) is 12.8 Å². The van der Waals surface area contributed by atoms with E-state index >= 15 is 0 Å². The molecule has 2 fully saturated rings. The number of amides is 2. The molecule has 2 atom stereocenters. The van der Waals surface area contributed by atoms with Gasteiger partial charge in [-0.3, -0.25) is 0 Å². The molecule has 2 aliphatic rings. The molecule has 19 heavy (non-hydrogen) atoms. The molecule has 0 heterocycles. The van der Waals surface area contributed by atoms with Gasteiger partial charge >= 0.3 is 12.0 Å². The summed E-state index contributed by atoms with van der Waals surface area (Å²) in [5.41, 5.74) is -1.12.